The maximum atomic E-state index is 12.3. The lowest BCUT2D eigenvalue weighted by molar-refractivity contribution is -0.139. The molecule has 0 saturated heterocycles. The van der Waals surface area contributed by atoms with Gasteiger partial charge in [-0.15, -0.1) is 0 Å². The molecular formula is C21H21NO8. The van der Waals surface area contributed by atoms with E-state index >= 15 is 0 Å². The van der Waals surface area contributed by atoms with Crippen LogP contribution in [0.15, 0.2) is 42.5 Å². The van der Waals surface area contributed by atoms with Gasteiger partial charge in [-0.3, -0.25) is 14.4 Å². The molecule has 0 heterocycles. The van der Waals surface area contributed by atoms with E-state index in [1.54, 1.807) is 24.3 Å². The first-order chi connectivity index (χ1) is 14.5. The van der Waals surface area contributed by atoms with Gasteiger partial charge in [0.2, 0.25) is 0 Å². The molecule has 0 spiro atoms. The highest BCUT2D eigenvalue weighted by Gasteiger charge is 2.20. The molecule has 0 aromatic heterocycles. The molecule has 0 saturated carbocycles. The molecule has 30 heavy (non-hydrogen) atoms. The minimum atomic E-state index is -1.18. The van der Waals surface area contributed by atoms with Crippen molar-refractivity contribution in [3.8, 4) is 11.5 Å². The van der Waals surface area contributed by atoms with Crippen LogP contribution in [0.3, 0.4) is 0 Å². The van der Waals surface area contributed by atoms with E-state index in [0.29, 0.717) is 18.3 Å². The Hall–Kier alpha value is -3.88. The number of nitrogens with one attached hydrogen (secondary N) is 1. The number of carboxylic acid groups (broad SMARTS) is 1. The van der Waals surface area contributed by atoms with E-state index in [0.717, 1.165) is 0 Å². The summed E-state index contributed by atoms with van der Waals surface area (Å²) in [5, 5.41) is 21.3. The van der Waals surface area contributed by atoms with Crippen LogP contribution in [0, 0.1) is 0 Å². The van der Waals surface area contributed by atoms with Gasteiger partial charge >= 0.3 is 5.97 Å². The molecule has 3 N–H and O–H groups in total. The summed E-state index contributed by atoms with van der Waals surface area (Å²) in [6.07, 6.45) is 0.913. The lowest BCUT2D eigenvalue weighted by Crippen LogP contribution is -2.40. The summed E-state index contributed by atoms with van der Waals surface area (Å²) in [5.74, 6) is -1.69. The molecule has 1 amide bonds. The summed E-state index contributed by atoms with van der Waals surface area (Å²) in [4.78, 5) is 44.8. The highest BCUT2D eigenvalue weighted by atomic mass is 16.5. The highest BCUT2D eigenvalue weighted by Crippen LogP contribution is 2.26. The fraction of sp³-hybridized carbons (Fsp3) is 0.238. The smallest absolute Gasteiger partial charge is 0.326 e. The van der Waals surface area contributed by atoms with Gasteiger partial charge in [-0.1, -0.05) is 18.2 Å². The Bertz CT molecular complexity index is 894. The SMILES string of the molecule is O=COCCC[C@H](NC(=O)c1ccc(COc2cccc(O)c2C=O)cc1)C(=O)O. The first kappa shape index (κ1) is 22.4. The Kier molecular flexibility index (Phi) is 8.37. The fourth-order valence-corrected chi connectivity index (χ4v) is 2.61. The van der Waals surface area contributed by atoms with Crippen molar-refractivity contribution in [1.29, 1.82) is 0 Å². The second-order valence-electron chi connectivity index (χ2n) is 6.27. The number of amides is 1. The van der Waals surface area contributed by atoms with E-state index in [1.165, 1.54) is 18.2 Å². The lowest BCUT2D eigenvalue weighted by atomic mass is 10.1. The number of carbonyl (C=O) groups excluding carboxylic acids is 3. The number of ether oxygens (including phenoxy) is 2. The molecule has 158 valence electrons. The van der Waals surface area contributed by atoms with Crippen molar-refractivity contribution >= 4 is 24.6 Å². The van der Waals surface area contributed by atoms with Gasteiger partial charge in [-0.2, -0.15) is 0 Å². The third-order valence-corrected chi connectivity index (χ3v) is 4.20. The Morgan fingerprint density at radius 1 is 1.10 bits per heavy atom. The molecule has 1 atom stereocenters. The summed E-state index contributed by atoms with van der Waals surface area (Å²) < 4.78 is 10.1. The second kappa shape index (κ2) is 11.2. The summed E-state index contributed by atoms with van der Waals surface area (Å²) in [7, 11) is 0. The molecule has 0 aliphatic rings. The molecule has 0 aliphatic carbocycles. The van der Waals surface area contributed by atoms with Crippen molar-refractivity contribution in [2.75, 3.05) is 6.61 Å². The standard InChI is InChI=1S/C21H21NO8/c23-11-16-18(25)4-1-5-19(16)30-12-14-6-8-15(9-7-14)20(26)22-17(21(27)28)3-2-10-29-13-24/h1,4-9,11,13,17,25H,2-3,10,12H2,(H,22,26)(H,27,28)/t17-/m0/s1. The number of rotatable bonds is 12. The van der Waals surface area contributed by atoms with Crippen LogP contribution in [0.5, 0.6) is 11.5 Å². The molecule has 0 bridgehead atoms. The third kappa shape index (κ3) is 6.33. The average molecular weight is 415 g/mol. The largest absolute Gasteiger partial charge is 0.507 e. The van der Waals surface area contributed by atoms with Crippen molar-refractivity contribution < 1.29 is 38.9 Å². The van der Waals surface area contributed by atoms with Crippen molar-refractivity contribution in [3.63, 3.8) is 0 Å². The first-order valence-corrected chi connectivity index (χ1v) is 9.04. The normalized spacial score (nSPS) is 11.2. The van der Waals surface area contributed by atoms with Crippen LogP contribution in [0.25, 0.3) is 0 Å². The van der Waals surface area contributed by atoms with Gasteiger partial charge in [0.1, 0.15) is 24.1 Å². The minimum absolute atomic E-state index is 0.0479. The Balaban J connectivity index is 1.95. The molecule has 2 aromatic rings. The van der Waals surface area contributed by atoms with Crippen molar-refractivity contribution in [1.82, 2.24) is 5.32 Å². The van der Waals surface area contributed by atoms with Crippen LogP contribution in [0.2, 0.25) is 0 Å². The number of phenols is 1. The van der Waals surface area contributed by atoms with Crippen LogP contribution < -0.4 is 10.1 Å². The summed E-state index contributed by atoms with van der Waals surface area (Å²) >= 11 is 0. The number of aldehydes is 1. The zero-order valence-electron chi connectivity index (χ0n) is 15.9. The van der Waals surface area contributed by atoms with Gasteiger partial charge in [0.05, 0.1) is 12.2 Å². The first-order valence-electron chi connectivity index (χ1n) is 9.04. The predicted molar refractivity (Wildman–Crippen MR) is 104 cm³/mol. The van der Waals surface area contributed by atoms with Crippen molar-refractivity contribution in [2.45, 2.75) is 25.5 Å². The van der Waals surface area contributed by atoms with E-state index in [1.807, 2.05) is 0 Å². The number of phenolic OH excluding ortho intramolecular Hbond substituents is 1. The summed E-state index contributed by atoms with van der Waals surface area (Å²) in [6, 6.07) is 9.67. The quantitative estimate of drug-likeness (QED) is 0.353. The molecule has 2 rings (SSSR count). The monoisotopic (exact) mass is 415 g/mol. The van der Waals surface area contributed by atoms with E-state index in [-0.39, 0.29) is 48.7 Å². The number of aromatic hydroxyl groups is 1. The number of hydrogen-bond acceptors (Lipinski definition) is 7. The number of aliphatic carboxylic acids is 1. The minimum Gasteiger partial charge on any atom is -0.507 e. The van der Waals surface area contributed by atoms with E-state index < -0.39 is 17.9 Å². The van der Waals surface area contributed by atoms with Crippen molar-refractivity contribution in [2.24, 2.45) is 0 Å². The maximum Gasteiger partial charge on any atom is 0.326 e. The predicted octanol–water partition coefficient (Wildman–Crippen LogP) is 1.92. The van der Waals surface area contributed by atoms with Crippen LogP contribution in [0.1, 0.15) is 39.1 Å². The summed E-state index contributed by atoms with van der Waals surface area (Å²) in [6.45, 7) is 0.448. The molecule has 0 aliphatic heterocycles. The van der Waals surface area contributed by atoms with Gasteiger partial charge in [0.25, 0.3) is 12.4 Å². The highest BCUT2D eigenvalue weighted by molar-refractivity contribution is 5.96. The third-order valence-electron chi connectivity index (χ3n) is 4.20. The topological polar surface area (TPSA) is 139 Å². The maximum absolute atomic E-state index is 12.3. The molecule has 0 radical (unpaired) electrons. The molecule has 2 aromatic carbocycles. The van der Waals surface area contributed by atoms with Crippen LogP contribution in [0.4, 0.5) is 0 Å². The zero-order valence-corrected chi connectivity index (χ0v) is 15.9. The van der Waals surface area contributed by atoms with E-state index in [2.05, 4.69) is 10.1 Å². The Morgan fingerprint density at radius 3 is 2.47 bits per heavy atom. The molecule has 0 fully saturated rings. The second-order valence-corrected chi connectivity index (χ2v) is 6.27. The number of benzene rings is 2. The van der Waals surface area contributed by atoms with E-state index in [4.69, 9.17) is 4.74 Å². The molecule has 0 unspecified atom stereocenters. The molecule has 9 heteroatoms. The zero-order chi connectivity index (χ0) is 21.9. The number of hydrogen-bond donors (Lipinski definition) is 3. The van der Waals surface area contributed by atoms with Gasteiger partial charge < -0.3 is 25.0 Å². The number of carbonyl (C=O) groups is 4. The lowest BCUT2D eigenvalue weighted by Gasteiger charge is -2.14. The Morgan fingerprint density at radius 2 is 1.83 bits per heavy atom. The number of carboxylic acids is 1. The van der Waals surface area contributed by atoms with Gasteiger partial charge in [0.15, 0.2) is 6.29 Å². The fourth-order valence-electron chi connectivity index (χ4n) is 2.61. The summed E-state index contributed by atoms with van der Waals surface area (Å²) in [5.41, 5.74) is 1.01. The van der Waals surface area contributed by atoms with Gasteiger partial charge in [0, 0.05) is 5.56 Å². The van der Waals surface area contributed by atoms with Crippen LogP contribution >= 0.6 is 0 Å². The molecular weight excluding hydrogens is 394 g/mol. The van der Waals surface area contributed by atoms with E-state index in [9.17, 15) is 29.4 Å². The average Bonchev–Trinajstić information content (AvgIpc) is 2.74. The van der Waals surface area contributed by atoms with Crippen molar-refractivity contribution in [3.05, 3.63) is 59.2 Å². The van der Waals surface area contributed by atoms with Crippen LogP contribution in [-0.4, -0.2) is 47.5 Å². The Labute approximate surface area is 172 Å². The molecule has 9 nitrogen and oxygen atoms in total. The van der Waals surface area contributed by atoms with Gasteiger partial charge in [-0.25, -0.2) is 4.79 Å². The van der Waals surface area contributed by atoms with Gasteiger partial charge in [-0.05, 0) is 42.7 Å². The van der Waals surface area contributed by atoms with Crippen LogP contribution in [-0.2, 0) is 20.9 Å².